The van der Waals surface area contributed by atoms with Crippen molar-refractivity contribution < 1.29 is 4.74 Å². The van der Waals surface area contributed by atoms with Crippen molar-refractivity contribution in [2.75, 3.05) is 13.2 Å². The first-order chi connectivity index (χ1) is 8.11. The van der Waals surface area contributed by atoms with Gasteiger partial charge in [-0.25, -0.2) is 0 Å². The number of hydrogen-bond donors (Lipinski definition) is 1. The molecule has 96 valence electrons. The van der Waals surface area contributed by atoms with Crippen LogP contribution in [-0.2, 0) is 4.74 Å². The standard InChI is InChI=1S/C15H25NO/c1-6-16-15(13(5)17-7-2)14-10-8-9-11(3)12(14)4/h8-10,13,15-16H,6-7H2,1-5H3. The molecule has 0 radical (unpaired) electrons. The van der Waals surface area contributed by atoms with Crippen LogP contribution in [0.3, 0.4) is 0 Å². The first kappa shape index (κ1) is 14.2. The third-order valence-electron chi connectivity index (χ3n) is 3.30. The molecule has 1 aromatic carbocycles. The highest BCUT2D eigenvalue weighted by Crippen LogP contribution is 2.24. The van der Waals surface area contributed by atoms with Crippen molar-refractivity contribution >= 4 is 0 Å². The largest absolute Gasteiger partial charge is 0.377 e. The summed E-state index contributed by atoms with van der Waals surface area (Å²) in [4.78, 5) is 0. The summed E-state index contributed by atoms with van der Waals surface area (Å²) in [6.45, 7) is 12.4. The second-order valence-electron chi connectivity index (χ2n) is 4.48. The van der Waals surface area contributed by atoms with E-state index >= 15 is 0 Å². The molecular weight excluding hydrogens is 210 g/mol. The van der Waals surface area contributed by atoms with Crippen LogP contribution in [-0.4, -0.2) is 19.3 Å². The first-order valence-electron chi connectivity index (χ1n) is 6.52. The summed E-state index contributed by atoms with van der Waals surface area (Å²) in [6, 6.07) is 6.76. The van der Waals surface area contributed by atoms with E-state index in [0.717, 1.165) is 13.2 Å². The van der Waals surface area contributed by atoms with Crippen molar-refractivity contribution in [2.24, 2.45) is 0 Å². The molecule has 0 saturated carbocycles. The van der Waals surface area contributed by atoms with Crippen molar-refractivity contribution in [1.29, 1.82) is 0 Å². The SMILES string of the molecule is CCNC(c1cccc(C)c1C)C(C)OCC. The maximum Gasteiger partial charge on any atom is 0.0741 e. The predicted molar refractivity (Wildman–Crippen MR) is 73.4 cm³/mol. The van der Waals surface area contributed by atoms with Gasteiger partial charge in [-0.3, -0.25) is 0 Å². The van der Waals surface area contributed by atoms with E-state index < -0.39 is 0 Å². The summed E-state index contributed by atoms with van der Waals surface area (Å²) in [5.74, 6) is 0. The fraction of sp³-hybridized carbons (Fsp3) is 0.600. The minimum absolute atomic E-state index is 0.195. The van der Waals surface area contributed by atoms with E-state index in [1.165, 1.54) is 16.7 Å². The quantitative estimate of drug-likeness (QED) is 0.816. The van der Waals surface area contributed by atoms with Crippen molar-refractivity contribution in [2.45, 2.75) is 46.8 Å². The molecule has 1 aromatic rings. The first-order valence-corrected chi connectivity index (χ1v) is 6.52. The van der Waals surface area contributed by atoms with Crippen LogP contribution in [0.1, 0.15) is 43.5 Å². The Morgan fingerprint density at radius 1 is 1.24 bits per heavy atom. The van der Waals surface area contributed by atoms with Gasteiger partial charge in [0.05, 0.1) is 12.1 Å². The topological polar surface area (TPSA) is 21.3 Å². The molecular formula is C15H25NO. The second kappa shape index (κ2) is 6.77. The van der Waals surface area contributed by atoms with Gasteiger partial charge in [0.25, 0.3) is 0 Å². The molecule has 0 spiro atoms. The molecule has 2 nitrogen and oxygen atoms in total. The van der Waals surface area contributed by atoms with E-state index in [2.05, 4.69) is 51.2 Å². The van der Waals surface area contributed by atoms with Gasteiger partial charge in [-0.05, 0) is 50.9 Å². The normalized spacial score (nSPS) is 14.6. The molecule has 0 fully saturated rings. The summed E-state index contributed by atoms with van der Waals surface area (Å²) in [7, 11) is 0. The predicted octanol–water partition coefficient (Wildman–Crippen LogP) is 3.38. The average molecular weight is 235 g/mol. The number of ether oxygens (including phenoxy) is 1. The van der Waals surface area contributed by atoms with E-state index in [0.29, 0.717) is 0 Å². The third kappa shape index (κ3) is 3.55. The average Bonchev–Trinajstić information content (AvgIpc) is 2.30. The molecule has 0 amide bonds. The molecule has 0 aromatic heterocycles. The summed E-state index contributed by atoms with van der Waals surface area (Å²) >= 11 is 0. The van der Waals surface area contributed by atoms with Crippen molar-refractivity contribution in [3.63, 3.8) is 0 Å². The van der Waals surface area contributed by atoms with Crippen LogP contribution in [0.2, 0.25) is 0 Å². The molecule has 2 unspecified atom stereocenters. The molecule has 1 N–H and O–H groups in total. The van der Waals surface area contributed by atoms with Gasteiger partial charge in [0, 0.05) is 6.61 Å². The molecule has 0 bridgehead atoms. The Morgan fingerprint density at radius 3 is 2.53 bits per heavy atom. The lowest BCUT2D eigenvalue weighted by atomic mass is 9.94. The van der Waals surface area contributed by atoms with E-state index in [1.54, 1.807) is 0 Å². The lowest BCUT2D eigenvalue weighted by Crippen LogP contribution is -2.32. The van der Waals surface area contributed by atoms with Gasteiger partial charge < -0.3 is 10.1 Å². The van der Waals surface area contributed by atoms with E-state index in [-0.39, 0.29) is 12.1 Å². The van der Waals surface area contributed by atoms with Gasteiger partial charge in [-0.2, -0.15) is 0 Å². The summed E-state index contributed by atoms with van der Waals surface area (Å²) in [5.41, 5.74) is 4.06. The van der Waals surface area contributed by atoms with Crippen LogP contribution in [0.25, 0.3) is 0 Å². The van der Waals surface area contributed by atoms with Crippen molar-refractivity contribution in [3.8, 4) is 0 Å². The molecule has 17 heavy (non-hydrogen) atoms. The van der Waals surface area contributed by atoms with Crippen molar-refractivity contribution in [3.05, 3.63) is 34.9 Å². The summed E-state index contributed by atoms with van der Waals surface area (Å²) < 4.78 is 5.74. The Kier molecular flexibility index (Phi) is 5.66. The van der Waals surface area contributed by atoms with E-state index in [9.17, 15) is 0 Å². The zero-order valence-corrected chi connectivity index (χ0v) is 11.7. The number of rotatable bonds is 6. The molecule has 2 heteroatoms. The highest BCUT2D eigenvalue weighted by molar-refractivity contribution is 5.35. The van der Waals surface area contributed by atoms with E-state index in [4.69, 9.17) is 4.74 Å². The summed E-state index contributed by atoms with van der Waals surface area (Å²) in [5, 5.41) is 3.53. The molecule has 0 heterocycles. The third-order valence-corrected chi connectivity index (χ3v) is 3.30. The van der Waals surface area contributed by atoms with Gasteiger partial charge in [0.2, 0.25) is 0 Å². The fourth-order valence-electron chi connectivity index (χ4n) is 2.22. The highest BCUT2D eigenvalue weighted by Gasteiger charge is 2.20. The molecule has 0 aliphatic carbocycles. The van der Waals surface area contributed by atoms with Crippen LogP contribution < -0.4 is 5.32 Å². The number of aryl methyl sites for hydroxylation is 1. The lowest BCUT2D eigenvalue weighted by Gasteiger charge is -2.27. The van der Waals surface area contributed by atoms with Crippen LogP contribution in [0, 0.1) is 13.8 Å². The Morgan fingerprint density at radius 2 is 1.94 bits per heavy atom. The van der Waals surface area contributed by atoms with Crippen LogP contribution in [0.15, 0.2) is 18.2 Å². The Bertz CT molecular complexity index is 349. The minimum atomic E-state index is 0.195. The maximum atomic E-state index is 5.74. The zero-order chi connectivity index (χ0) is 12.8. The van der Waals surface area contributed by atoms with Gasteiger partial charge in [-0.15, -0.1) is 0 Å². The molecule has 0 aliphatic heterocycles. The number of hydrogen-bond acceptors (Lipinski definition) is 2. The zero-order valence-electron chi connectivity index (χ0n) is 11.7. The monoisotopic (exact) mass is 235 g/mol. The molecule has 1 rings (SSSR count). The minimum Gasteiger partial charge on any atom is -0.377 e. The summed E-state index contributed by atoms with van der Waals surface area (Å²) in [6.07, 6.45) is 0.195. The highest BCUT2D eigenvalue weighted by atomic mass is 16.5. The van der Waals surface area contributed by atoms with Crippen molar-refractivity contribution in [1.82, 2.24) is 5.32 Å². The van der Waals surface area contributed by atoms with Gasteiger partial charge in [0.15, 0.2) is 0 Å². The smallest absolute Gasteiger partial charge is 0.0741 e. The number of nitrogens with one attached hydrogen (secondary N) is 1. The molecule has 0 aliphatic rings. The Labute approximate surface area is 105 Å². The van der Waals surface area contributed by atoms with Crippen LogP contribution in [0.4, 0.5) is 0 Å². The Balaban J connectivity index is 3.00. The fourth-order valence-corrected chi connectivity index (χ4v) is 2.22. The Hall–Kier alpha value is -0.860. The maximum absolute atomic E-state index is 5.74. The van der Waals surface area contributed by atoms with E-state index in [1.807, 2.05) is 6.92 Å². The second-order valence-corrected chi connectivity index (χ2v) is 4.48. The molecule has 2 atom stereocenters. The van der Waals surface area contributed by atoms with Crippen LogP contribution >= 0.6 is 0 Å². The molecule has 0 saturated heterocycles. The lowest BCUT2D eigenvalue weighted by molar-refractivity contribution is 0.0475. The number of likely N-dealkylation sites (N-methyl/N-ethyl adjacent to an activating group) is 1. The van der Waals surface area contributed by atoms with Crippen LogP contribution in [0.5, 0.6) is 0 Å². The van der Waals surface area contributed by atoms with Gasteiger partial charge in [-0.1, -0.05) is 25.1 Å². The van der Waals surface area contributed by atoms with Gasteiger partial charge in [0.1, 0.15) is 0 Å². The van der Waals surface area contributed by atoms with Gasteiger partial charge >= 0.3 is 0 Å². The number of benzene rings is 1.